The van der Waals surface area contributed by atoms with Crippen LogP contribution in [0.3, 0.4) is 0 Å². The third kappa shape index (κ3) is 4.29. The van der Waals surface area contributed by atoms with Gasteiger partial charge in [0.25, 0.3) is 0 Å². The summed E-state index contributed by atoms with van der Waals surface area (Å²) in [4.78, 5) is 4.80. The van der Waals surface area contributed by atoms with Gasteiger partial charge in [-0.15, -0.1) is 10.2 Å². The fraction of sp³-hybridized carbons (Fsp3) is 0.360. The number of hydrogen-bond donors (Lipinski definition) is 0. The molecule has 1 aliphatic carbocycles. The van der Waals surface area contributed by atoms with Gasteiger partial charge in [0, 0.05) is 59.4 Å². The van der Waals surface area contributed by atoms with Crippen molar-refractivity contribution in [1.82, 2.24) is 25.0 Å². The molecule has 0 saturated heterocycles. The van der Waals surface area contributed by atoms with Crippen molar-refractivity contribution in [3.8, 4) is 28.3 Å². The molecule has 8 heteroatoms. The number of benzene rings is 1. The van der Waals surface area contributed by atoms with Gasteiger partial charge in [-0.25, -0.2) is 8.78 Å². The molecule has 0 bridgehead atoms. The summed E-state index contributed by atoms with van der Waals surface area (Å²) in [6, 6.07) is 11.8. The first-order valence-corrected chi connectivity index (χ1v) is 10.9. The van der Waals surface area contributed by atoms with Crippen molar-refractivity contribution in [1.29, 1.82) is 0 Å². The Hall–Kier alpha value is -3.42. The number of nitrogens with zero attached hydrogens (tertiary/aromatic N) is 5. The van der Waals surface area contributed by atoms with Crippen molar-refractivity contribution in [2.24, 2.45) is 5.41 Å². The van der Waals surface area contributed by atoms with E-state index in [1.54, 1.807) is 18.0 Å². The van der Waals surface area contributed by atoms with Gasteiger partial charge in [0.05, 0.1) is 24.5 Å². The lowest BCUT2D eigenvalue weighted by molar-refractivity contribution is -0.00411. The lowest BCUT2D eigenvalue weighted by Gasteiger charge is -2.23. The van der Waals surface area contributed by atoms with Crippen LogP contribution in [0.1, 0.15) is 31.9 Å². The zero-order valence-corrected chi connectivity index (χ0v) is 18.8. The number of aryl methyl sites for hydroxylation is 1. The predicted octanol–water partition coefficient (Wildman–Crippen LogP) is 5.70. The van der Waals surface area contributed by atoms with Gasteiger partial charge >= 0.3 is 0 Å². The van der Waals surface area contributed by atoms with Gasteiger partial charge in [-0.1, -0.05) is 25.1 Å². The van der Waals surface area contributed by atoms with E-state index in [2.05, 4.69) is 15.3 Å². The lowest BCUT2D eigenvalue weighted by atomic mass is 9.89. The lowest BCUT2D eigenvalue weighted by Crippen LogP contribution is -2.23. The van der Waals surface area contributed by atoms with Gasteiger partial charge in [0.1, 0.15) is 0 Å². The number of methoxy groups -OCH3 is 1. The summed E-state index contributed by atoms with van der Waals surface area (Å²) in [5, 5.41) is 13.7. The molecule has 1 fully saturated rings. The van der Waals surface area contributed by atoms with Crippen LogP contribution in [0.25, 0.3) is 33.3 Å². The minimum Gasteiger partial charge on any atom is -0.480 e. The highest BCUT2D eigenvalue weighted by molar-refractivity contribution is 5.88. The summed E-state index contributed by atoms with van der Waals surface area (Å²) in [7, 11) is 1.56. The highest BCUT2D eigenvalue weighted by atomic mass is 19.3. The molecule has 4 aromatic rings. The van der Waals surface area contributed by atoms with Crippen molar-refractivity contribution < 1.29 is 13.5 Å². The summed E-state index contributed by atoms with van der Waals surface area (Å²) < 4.78 is 34.5. The van der Waals surface area contributed by atoms with Crippen LogP contribution in [-0.2, 0) is 6.54 Å². The molecule has 0 amide bonds. The molecule has 0 N–H and O–H groups in total. The zero-order chi connectivity index (χ0) is 23.2. The fourth-order valence-corrected chi connectivity index (χ4v) is 4.68. The monoisotopic (exact) mass is 449 g/mol. The second-order valence-corrected chi connectivity index (χ2v) is 9.28. The van der Waals surface area contributed by atoms with Crippen LogP contribution in [0.15, 0.2) is 48.8 Å². The normalized spacial score (nSPS) is 19.8. The van der Waals surface area contributed by atoms with E-state index >= 15 is 0 Å². The highest BCUT2D eigenvalue weighted by Crippen LogP contribution is 2.48. The van der Waals surface area contributed by atoms with Crippen LogP contribution in [0, 0.1) is 12.3 Å². The molecular formula is C25H25F2N5O. The van der Waals surface area contributed by atoms with Gasteiger partial charge < -0.3 is 4.74 Å². The van der Waals surface area contributed by atoms with Crippen molar-refractivity contribution >= 4 is 10.9 Å². The molecule has 33 heavy (non-hydrogen) atoms. The van der Waals surface area contributed by atoms with Crippen molar-refractivity contribution in [3.05, 3.63) is 54.5 Å². The van der Waals surface area contributed by atoms with Crippen molar-refractivity contribution in [3.63, 3.8) is 0 Å². The standard InChI is InChI=1S/C25H25F2N5O/c1-16-4-7-20(19-12-28-32(13-19)15-24(2)8-9-25(26,27)14-24)23(29-16)18-6-5-17-11-22(33-3)31-30-21(17)10-18/h4-7,10-13H,8-9,14-15H2,1-3H3/t24-/m0/s1. The molecule has 1 saturated carbocycles. The smallest absolute Gasteiger partial charge is 0.248 e. The molecule has 5 rings (SSSR count). The number of pyridine rings is 1. The van der Waals surface area contributed by atoms with E-state index in [1.807, 2.05) is 56.4 Å². The maximum absolute atomic E-state index is 13.8. The van der Waals surface area contributed by atoms with E-state index < -0.39 is 11.3 Å². The van der Waals surface area contributed by atoms with Gasteiger partial charge in [-0.05, 0) is 30.9 Å². The molecule has 1 aliphatic rings. The van der Waals surface area contributed by atoms with E-state index in [9.17, 15) is 8.78 Å². The number of aromatic nitrogens is 5. The number of hydrogen-bond acceptors (Lipinski definition) is 5. The molecule has 3 heterocycles. The van der Waals surface area contributed by atoms with Crippen LogP contribution >= 0.6 is 0 Å². The van der Waals surface area contributed by atoms with Gasteiger partial charge in [-0.3, -0.25) is 9.67 Å². The summed E-state index contributed by atoms with van der Waals surface area (Å²) in [6.07, 6.45) is 4.03. The Morgan fingerprint density at radius 3 is 2.67 bits per heavy atom. The Bertz CT molecular complexity index is 1340. The molecule has 1 aromatic carbocycles. The first-order chi connectivity index (χ1) is 15.7. The molecule has 6 nitrogen and oxygen atoms in total. The second-order valence-electron chi connectivity index (χ2n) is 9.28. The summed E-state index contributed by atoms with van der Waals surface area (Å²) >= 11 is 0. The summed E-state index contributed by atoms with van der Waals surface area (Å²) in [5.74, 6) is -2.12. The molecule has 1 atom stereocenters. The maximum atomic E-state index is 13.8. The first-order valence-electron chi connectivity index (χ1n) is 10.9. The number of ether oxygens (including phenoxy) is 1. The SMILES string of the molecule is COc1cc2ccc(-c3nc(C)ccc3-c3cnn(C[C@@]4(C)CCC(F)(F)C4)c3)cc2nn1. The highest BCUT2D eigenvalue weighted by Gasteiger charge is 2.46. The van der Waals surface area contributed by atoms with Crippen LogP contribution < -0.4 is 4.74 Å². The van der Waals surface area contributed by atoms with E-state index in [4.69, 9.17) is 9.72 Å². The molecule has 0 spiro atoms. The second kappa shape index (κ2) is 7.86. The number of halogens is 2. The average Bonchev–Trinajstić information content (AvgIpc) is 3.35. The Morgan fingerprint density at radius 1 is 1.06 bits per heavy atom. The quantitative estimate of drug-likeness (QED) is 0.391. The molecule has 0 unspecified atom stereocenters. The number of rotatable bonds is 5. The Labute approximate surface area is 190 Å². The predicted molar refractivity (Wildman–Crippen MR) is 122 cm³/mol. The van der Waals surface area contributed by atoms with E-state index in [-0.39, 0.29) is 12.8 Å². The summed E-state index contributed by atoms with van der Waals surface area (Å²) in [5.41, 5.74) is 4.72. The molecule has 170 valence electrons. The molecular weight excluding hydrogens is 424 g/mol. The molecule has 0 aliphatic heterocycles. The van der Waals surface area contributed by atoms with Crippen molar-refractivity contribution in [2.45, 2.75) is 45.6 Å². The third-order valence-electron chi connectivity index (χ3n) is 6.35. The van der Waals surface area contributed by atoms with Gasteiger partial charge in [0.15, 0.2) is 0 Å². The first kappa shape index (κ1) is 21.4. The van der Waals surface area contributed by atoms with E-state index in [1.165, 1.54) is 0 Å². The van der Waals surface area contributed by atoms with Crippen LogP contribution in [0.4, 0.5) is 8.78 Å². The fourth-order valence-electron chi connectivity index (χ4n) is 4.68. The van der Waals surface area contributed by atoms with Crippen LogP contribution in [0.5, 0.6) is 5.88 Å². The Kier molecular flexibility index (Phi) is 5.11. The van der Waals surface area contributed by atoms with Crippen LogP contribution in [0.2, 0.25) is 0 Å². The van der Waals surface area contributed by atoms with Gasteiger partial charge in [0.2, 0.25) is 11.8 Å². The third-order valence-corrected chi connectivity index (χ3v) is 6.35. The Balaban J connectivity index is 1.49. The van der Waals surface area contributed by atoms with E-state index in [0.717, 1.165) is 39.0 Å². The number of alkyl halides is 2. The zero-order valence-electron chi connectivity index (χ0n) is 18.8. The molecule has 0 radical (unpaired) electrons. The van der Waals surface area contributed by atoms with Crippen molar-refractivity contribution in [2.75, 3.05) is 7.11 Å². The van der Waals surface area contributed by atoms with Crippen LogP contribution in [-0.4, -0.2) is 38.0 Å². The molecule has 3 aromatic heterocycles. The minimum atomic E-state index is -2.58. The topological polar surface area (TPSA) is 65.7 Å². The van der Waals surface area contributed by atoms with Gasteiger partial charge in [-0.2, -0.15) is 5.10 Å². The Morgan fingerprint density at radius 2 is 1.91 bits per heavy atom. The number of fused-ring (bicyclic) bond motifs is 1. The maximum Gasteiger partial charge on any atom is 0.248 e. The summed E-state index contributed by atoms with van der Waals surface area (Å²) in [6.45, 7) is 4.33. The average molecular weight is 450 g/mol. The largest absolute Gasteiger partial charge is 0.480 e. The minimum absolute atomic E-state index is 0.0552. The van der Waals surface area contributed by atoms with E-state index in [0.29, 0.717) is 18.8 Å².